The number of nitrogens with one attached hydrogen (secondary N) is 2. The molecule has 0 fully saturated rings. The summed E-state index contributed by atoms with van der Waals surface area (Å²) in [6, 6.07) is 14.4. The van der Waals surface area contributed by atoms with Gasteiger partial charge in [-0.05, 0) is 62.2 Å². The monoisotopic (exact) mass is 453 g/mol. The van der Waals surface area contributed by atoms with Crippen LogP contribution in [0.3, 0.4) is 0 Å². The summed E-state index contributed by atoms with van der Waals surface area (Å²) in [5, 5.41) is 6.57. The van der Waals surface area contributed by atoms with Gasteiger partial charge in [-0.15, -0.1) is 11.3 Å². The lowest BCUT2D eigenvalue weighted by Gasteiger charge is -2.20. The van der Waals surface area contributed by atoms with Gasteiger partial charge in [-0.1, -0.05) is 12.1 Å². The van der Waals surface area contributed by atoms with Crippen molar-refractivity contribution >= 4 is 34.7 Å². The van der Waals surface area contributed by atoms with Crippen molar-refractivity contribution in [2.75, 3.05) is 24.9 Å². The first kappa shape index (κ1) is 23.3. The van der Waals surface area contributed by atoms with Gasteiger partial charge in [-0.25, -0.2) is 9.78 Å². The maximum absolute atomic E-state index is 12.2. The van der Waals surface area contributed by atoms with Crippen molar-refractivity contribution in [1.82, 2.24) is 4.98 Å². The molecule has 1 heterocycles. The van der Waals surface area contributed by atoms with Crippen molar-refractivity contribution in [3.8, 4) is 16.2 Å². The number of aryl methyl sites for hydroxylation is 1. The highest BCUT2D eigenvalue weighted by atomic mass is 32.1. The molecule has 0 aliphatic carbocycles. The van der Waals surface area contributed by atoms with E-state index in [0.717, 1.165) is 21.2 Å². The van der Waals surface area contributed by atoms with E-state index < -0.39 is 5.41 Å². The van der Waals surface area contributed by atoms with Crippen LogP contribution in [0.4, 0.5) is 16.2 Å². The minimum Gasteiger partial charge on any atom is -0.497 e. The quantitative estimate of drug-likeness (QED) is 0.434. The van der Waals surface area contributed by atoms with Gasteiger partial charge in [-0.3, -0.25) is 4.79 Å². The van der Waals surface area contributed by atoms with E-state index in [-0.39, 0.29) is 12.0 Å². The van der Waals surface area contributed by atoms with Crippen molar-refractivity contribution in [3.05, 3.63) is 59.7 Å². The predicted molar refractivity (Wildman–Crippen MR) is 127 cm³/mol. The van der Waals surface area contributed by atoms with Crippen LogP contribution in [0.1, 0.15) is 25.3 Å². The summed E-state index contributed by atoms with van der Waals surface area (Å²) in [6.45, 7) is 3.76. The second-order valence-electron chi connectivity index (χ2n) is 7.88. The van der Waals surface area contributed by atoms with Gasteiger partial charge in [0, 0.05) is 24.0 Å². The minimum absolute atomic E-state index is 0.214. The van der Waals surface area contributed by atoms with Gasteiger partial charge in [0.1, 0.15) is 5.75 Å². The summed E-state index contributed by atoms with van der Waals surface area (Å²) in [7, 11) is 3.00. The highest BCUT2D eigenvalue weighted by Gasteiger charge is 2.28. The number of urea groups is 1. The first-order valence-electron chi connectivity index (χ1n) is 10.2. The molecule has 168 valence electrons. The molecule has 0 radical (unpaired) electrons. The number of carbonyl (C=O) groups is 2. The molecule has 2 amide bonds. The van der Waals surface area contributed by atoms with Crippen LogP contribution in [0.15, 0.2) is 54.7 Å². The lowest BCUT2D eigenvalue weighted by molar-refractivity contribution is -0.151. The molecule has 3 rings (SSSR count). The molecule has 1 aromatic heterocycles. The normalized spacial score (nSPS) is 11.0. The molecule has 7 nitrogen and oxygen atoms in total. The number of carbonyl (C=O) groups excluding carboxylic acids is 2. The van der Waals surface area contributed by atoms with Crippen LogP contribution in [0.5, 0.6) is 5.75 Å². The number of benzene rings is 2. The third kappa shape index (κ3) is 6.07. The Morgan fingerprint density at radius 1 is 0.969 bits per heavy atom. The summed E-state index contributed by atoms with van der Waals surface area (Å²) in [5.74, 6) is 0.512. The van der Waals surface area contributed by atoms with Crippen LogP contribution < -0.4 is 15.4 Å². The molecule has 0 aliphatic rings. The summed E-state index contributed by atoms with van der Waals surface area (Å²) in [4.78, 5) is 29.6. The summed E-state index contributed by atoms with van der Waals surface area (Å²) >= 11 is 1.60. The third-order valence-corrected chi connectivity index (χ3v) is 6.14. The summed E-state index contributed by atoms with van der Waals surface area (Å²) < 4.78 is 9.97. The van der Waals surface area contributed by atoms with Crippen LogP contribution in [-0.4, -0.2) is 31.2 Å². The number of nitrogens with zero attached hydrogens (tertiary/aromatic N) is 1. The predicted octanol–water partition coefficient (Wildman–Crippen LogP) is 5.59. The van der Waals surface area contributed by atoms with E-state index in [9.17, 15) is 9.59 Å². The molecular weight excluding hydrogens is 426 g/mol. The van der Waals surface area contributed by atoms with E-state index in [1.54, 1.807) is 42.7 Å². The van der Waals surface area contributed by atoms with Crippen LogP contribution in [0, 0.1) is 5.41 Å². The Hall–Kier alpha value is -3.39. The molecule has 0 aliphatic heterocycles. The number of ether oxygens (including phenoxy) is 2. The molecule has 0 bridgehead atoms. The lowest BCUT2D eigenvalue weighted by Crippen LogP contribution is -2.26. The first-order chi connectivity index (χ1) is 15.3. The zero-order valence-corrected chi connectivity index (χ0v) is 19.4. The molecule has 8 heteroatoms. The molecule has 32 heavy (non-hydrogen) atoms. The van der Waals surface area contributed by atoms with Crippen molar-refractivity contribution in [2.45, 2.75) is 26.7 Å². The fourth-order valence-corrected chi connectivity index (χ4v) is 3.97. The Morgan fingerprint density at radius 2 is 1.56 bits per heavy atom. The molecule has 0 saturated carbocycles. The van der Waals surface area contributed by atoms with E-state index in [1.165, 1.54) is 7.11 Å². The topological polar surface area (TPSA) is 89.5 Å². The Morgan fingerprint density at radius 3 is 2.12 bits per heavy atom. The Bertz CT molecular complexity index is 1060. The first-order valence-corrected chi connectivity index (χ1v) is 11.0. The van der Waals surface area contributed by atoms with E-state index >= 15 is 0 Å². The highest BCUT2D eigenvalue weighted by Crippen LogP contribution is 2.30. The van der Waals surface area contributed by atoms with E-state index in [1.807, 2.05) is 44.3 Å². The highest BCUT2D eigenvalue weighted by molar-refractivity contribution is 7.15. The molecule has 0 atom stereocenters. The molecule has 2 N–H and O–H groups in total. The maximum atomic E-state index is 12.2. The molecule has 3 aromatic rings. The van der Waals surface area contributed by atoms with Crippen LogP contribution in [-0.2, 0) is 16.0 Å². The molecule has 0 saturated heterocycles. The lowest BCUT2D eigenvalue weighted by atomic mass is 9.88. The average molecular weight is 454 g/mol. The number of hydrogen-bond donors (Lipinski definition) is 2. The SMILES string of the molecule is COC(=O)C(C)(C)CCc1ncc(-c2ccc(NC(=O)Nc3ccc(OC)cc3)cc2)s1. The van der Waals surface area contributed by atoms with Gasteiger partial charge in [0.15, 0.2) is 0 Å². The van der Waals surface area contributed by atoms with Crippen molar-refractivity contribution in [2.24, 2.45) is 5.41 Å². The van der Waals surface area contributed by atoms with Gasteiger partial charge in [0.25, 0.3) is 0 Å². The third-order valence-electron chi connectivity index (χ3n) is 5.03. The zero-order chi connectivity index (χ0) is 23.1. The summed E-state index contributed by atoms with van der Waals surface area (Å²) in [6.07, 6.45) is 3.21. The standard InChI is InChI=1S/C24H27N3O4S/c1-24(2,22(28)31-4)14-13-21-25-15-20(32-21)16-5-7-17(8-6-16)26-23(29)27-18-9-11-19(30-3)12-10-18/h5-12,15H,13-14H2,1-4H3,(H2,26,27,29). The van der Waals surface area contributed by atoms with Crippen molar-refractivity contribution in [1.29, 1.82) is 0 Å². The van der Waals surface area contributed by atoms with Gasteiger partial charge < -0.3 is 20.1 Å². The number of amides is 2. The second kappa shape index (κ2) is 10.3. The summed E-state index contributed by atoms with van der Waals surface area (Å²) in [5.41, 5.74) is 1.83. The number of esters is 1. The molecule has 0 spiro atoms. The Kier molecular flexibility index (Phi) is 7.48. The molecule has 2 aromatic carbocycles. The second-order valence-corrected chi connectivity index (χ2v) is 8.99. The number of hydrogen-bond acceptors (Lipinski definition) is 6. The molecule has 0 unspecified atom stereocenters. The largest absolute Gasteiger partial charge is 0.497 e. The molecular formula is C24H27N3O4S. The Balaban J connectivity index is 1.56. The van der Waals surface area contributed by atoms with E-state index in [4.69, 9.17) is 9.47 Å². The van der Waals surface area contributed by atoms with Gasteiger partial charge in [-0.2, -0.15) is 0 Å². The number of rotatable bonds is 8. The van der Waals surface area contributed by atoms with E-state index in [2.05, 4.69) is 15.6 Å². The maximum Gasteiger partial charge on any atom is 0.323 e. The van der Waals surface area contributed by atoms with Gasteiger partial charge >= 0.3 is 12.0 Å². The fourth-order valence-electron chi connectivity index (χ4n) is 3.04. The number of methoxy groups -OCH3 is 2. The van der Waals surface area contributed by atoms with Crippen molar-refractivity contribution in [3.63, 3.8) is 0 Å². The van der Waals surface area contributed by atoms with Gasteiger partial charge in [0.05, 0.1) is 29.5 Å². The zero-order valence-electron chi connectivity index (χ0n) is 18.6. The Labute approximate surface area is 191 Å². The number of aromatic nitrogens is 1. The number of anilines is 2. The smallest absolute Gasteiger partial charge is 0.323 e. The van der Waals surface area contributed by atoms with Crippen LogP contribution in [0.2, 0.25) is 0 Å². The van der Waals surface area contributed by atoms with Gasteiger partial charge in [0.2, 0.25) is 0 Å². The number of thiazole rings is 1. The minimum atomic E-state index is -0.541. The van der Waals surface area contributed by atoms with E-state index in [0.29, 0.717) is 24.2 Å². The fraction of sp³-hybridized carbons (Fsp3) is 0.292. The van der Waals surface area contributed by atoms with Crippen molar-refractivity contribution < 1.29 is 19.1 Å². The van der Waals surface area contributed by atoms with Crippen LogP contribution >= 0.6 is 11.3 Å². The average Bonchev–Trinajstić information content (AvgIpc) is 3.27. The van der Waals surface area contributed by atoms with Crippen LogP contribution in [0.25, 0.3) is 10.4 Å².